The van der Waals surface area contributed by atoms with Crippen molar-refractivity contribution in [3.05, 3.63) is 65.2 Å². The molecule has 3 rings (SSSR count). The Hall–Kier alpha value is -3.15. The molecule has 6 heteroatoms. The van der Waals surface area contributed by atoms with Gasteiger partial charge in [0.1, 0.15) is 6.33 Å². The number of nitrogens with one attached hydrogen (secondary N) is 1. The minimum Gasteiger partial charge on any atom is -0.452 e. The minimum atomic E-state index is -0.642. The smallest absolute Gasteiger partial charge is 0.426 e. The standard InChI is InChI=1S/C16H13N3O3/c1-22-16(21)18-19-10-17-15(20)13-8-7-12(9-14(13)19)11-5-3-2-4-6-11/h2-10H,1H3,(H,18,21). The Kier molecular flexibility index (Phi) is 3.57. The lowest BCUT2D eigenvalue weighted by molar-refractivity contribution is 0.183. The molecule has 1 aromatic heterocycles. The van der Waals surface area contributed by atoms with Crippen molar-refractivity contribution in [2.45, 2.75) is 0 Å². The molecule has 1 heterocycles. The van der Waals surface area contributed by atoms with Gasteiger partial charge in [-0.3, -0.25) is 4.79 Å². The van der Waals surface area contributed by atoms with Crippen molar-refractivity contribution in [2.75, 3.05) is 12.5 Å². The van der Waals surface area contributed by atoms with E-state index in [1.165, 1.54) is 18.1 Å². The van der Waals surface area contributed by atoms with Crippen molar-refractivity contribution in [2.24, 2.45) is 0 Å². The molecule has 22 heavy (non-hydrogen) atoms. The number of carbonyl (C=O) groups is 1. The van der Waals surface area contributed by atoms with Crippen LogP contribution in [0.3, 0.4) is 0 Å². The van der Waals surface area contributed by atoms with Gasteiger partial charge in [-0.1, -0.05) is 36.4 Å². The number of hydrogen-bond donors (Lipinski definition) is 1. The Balaban J connectivity index is 2.18. The highest BCUT2D eigenvalue weighted by Gasteiger charge is 2.08. The maximum Gasteiger partial charge on any atom is 0.426 e. The Labute approximate surface area is 126 Å². The van der Waals surface area contributed by atoms with Crippen LogP contribution in [0.15, 0.2) is 59.7 Å². The van der Waals surface area contributed by atoms with E-state index in [9.17, 15) is 9.59 Å². The molecule has 0 aliphatic heterocycles. The molecule has 6 nitrogen and oxygen atoms in total. The minimum absolute atomic E-state index is 0.350. The van der Waals surface area contributed by atoms with Crippen LogP contribution in [0.4, 0.5) is 4.79 Å². The molecule has 0 aliphatic rings. The predicted octanol–water partition coefficient (Wildman–Crippen LogP) is 2.37. The predicted molar refractivity (Wildman–Crippen MR) is 83.2 cm³/mol. The Bertz CT molecular complexity index is 888. The summed E-state index contributed by atoms with van der Waals surface area (Å²) in [6.45, 7) is 0. The van der Waals surface area contributed by atoms with E-state index in [-0.39, 0.29) is 5.56 Å². The summed E-state index contributed by atoms with van der Waals surface area (Å²) in [7, 11) is 1.27. The van der Waals surface area contributed by atoms with E-state index in [0.29, 0.717) is 10.9 Å². The summed E-state index contributed by atoms with van der Waals surface area (Å²) in [5.41, 5.74) is 4.64. The average Bonchev–Trinajstić information content (AvgIpc) is 2.58. The molecular formula is C16H13N3O3. The summed E-state index contributed by atoms with van der Waals surface area (Å²) in [6.07, 6.45) is 0.618. The summed E-state index contributed by atoms with van der Waals surface area (Å²) in [5, 5.41) is 0.415. The van der Waals surface area contributed by atoms with Crippen LogP contribution >= 0.6 is 0 Å². The number of hydrogen-bond acceptors (Lipinski definition) is 4. The van der Waals surface area contributed by atoms with Gasteiger partial charge in [0.25, 0.3) is 5.56 Å². The van der Waals surface area contributed by atoms with Gasteiger partial charge in [0.2, 0.25) is 0 Å². The van der Waals surface area contributed by atoms with Gasteiger partial charge >= 0.3 is 6.09 Å². The van der Waals surface area contributed by atoms with Crippen LogP contribution in [0.1, 0.15) is 0 Å². The summed E-state index contributed by atoms with van der Waals surface area (Å²) >= 11 is 0. The maximum atomic E-state index is 11.9. The van der Waals surface area contributed by atoms with Crippen LogP contribution in [0.5, 0.6) is 0 Å². The molecule has 0 aliphatic carbocycles. The first kappa shape index (κ1) is 13.8. The zero-order valence-electron chi connectivity index (χ0n) is 11.8. The highest BCUT2D eigenvalue weighted by molar-refractivity contribution is 5.86. The van der Waals surface area contributed by atoms with Crippen molar-refractivity contribution in [3.8, 4) is 11.1 Å². The third-order valence-corrected chi connectivity index (χ3v) is 3.28. The molecule has 0 fully saturated rings. The van der Waals surface area contributed by atoms with Gasteiger partial charge in [0.15, 0.2) is 0 Å². The Morgan fingerprint density at radius 2 is 1.91 bits per heavy atom. The molecule has 0 unspecified atom stereocenters. The fourth-order valence-corrected chi connectivity index (χ4v) is 2.20. The lowest BCUT2D eigenvalue weighted by Crippen LogP contribution is -2.25. The van der Waals surface area contributed by atoms with Crippen LogP contribution in [0.2, 0.25) is 0 Å². The molecule has 0 atom stereocenters. The molecule has 0 saturated heterocycles. The summed E-state index contributed by atoms with van der Waals surface area (Å²) in [5.74, 6) is 0. The van der Waals surface area contributed by atoms with E-state index < -0.39 is 6.09 Å². The number of benzene rings is 2. The second-order valence-electron chi connectivity index (χ2n) is 4.62. The van der Waals surface area contributed by atoms with Crippen molar-refractivity contribution < 1.29 is 9.53 Å². The maximum absolute atomic E-state index is 11.9. The van der Waals surface area contributed by atoms with E-state index in [1.54, 1.807) is 6.07 Å². The van der Waals surface area contributed by atoms with Crippen LogP contribution in [0, 0.1) is 0 Å². The number of rotatable bonds is 2. The quantitative estimate of drug-likeness (QED) is 0.787. The lowest BCUT2D eigenvalue weighted by Gasteiger charge is -2.11. The third kappa shape index (κ3) is 2.54. The average molecular weight is 295 g/mol. The third-order valence-electron chi connectivity index (χ3n) is 3.28. The first-order valence-corrected chi connectivity index (χ1v) is 6.61. The molecule has 2 aromatic carbocycles. The van der Waals surface area contributed by atoms with Gasteiger partial charge in [-0.25, -0.2) is 14.9 Å². The Morgan fingerprint density at radius 3 is 2.64 bits per heavy atom. The van der Waals surface area contributed by atoms with Crippen molar-refractivity contribution >= 4 is 17.0 Å². The van der Waals surface area contributed by atoms with Crippen LogP contribution < -0.4 is 11.0 Å². The number of ether oxygens (including phenoxy) is 1. The van der Waals surface area contributed by atoms with E-state index >= 15 is 0 Å². The van der Waals surface area contributed by atoms with Gasteiger partial charge in [-0.2, -0.15) is 4.98 Å². The number of nitrogens with zero attached hydrogens (tertiary/aromatic N) is 2. The molecule has 0 spiro atoms. The summed E-state index contributed by atoms with van der Waals surface area (Å²) in [4.78, 5) is 27.0. The molecule has 1 N–H and O–H groups in total. The number of aromatic nitrogens is 2. The van der Waals surface area contributed by atoms with Crippen LogP contribution in [-0.2, 0) is 4.74 Å². The number of amides is 1. The van der Waals surface area contributed by atoms with Gasteiger partial charge in [-0.15, -0.1) is 0 Å². The first-order chi connectivity index (χ1) is 10.7. The second-order valence-corrected chi connectivity index (χ2v) is 4.62. The zero-order valence-corrected chi connectivity index (χ0v) is 11.8. The highest BCUT2D eigenvalue weighted by Crippen LogP contribution is 2.22. The van der Waals surface area contributed by atoms with E-state index in [4.69, 9.17) is 0 Å². The summed E-state index contributed by atoms with van der Waals surface area (Å²) < 4.78 is 5.94. The SMILES string of the molecule is COC(=O)Nn1cnc(=O)c2ccc(-c3ccccc3)cc21. The topological polar surface area (TPSA) is 73.2 Å². The lowest BCUT2D eigenvalue weighted by atomic mass is 10.0. The first-order valence-electron chi connectivity index (χ1n) is 6.61. The van der Waals surface area contributed by atoms with Crippen molar-refractivity contribution in [1.29, 1.82) is 0 Å². The molecule has 3 aromatic rings. The van der Waals surface area contributed by atoms with Gasteiger partial charge in [-0.05, 0) is 23.3 Å². The van der Waals surface area contributed by atoms with Crippen LogP contribution in [0.25, 0.3) is 22.0 Å². The van der Waals surface area contributed by atoms with E-state index in [0.717, 1.165) is 11.1 Å². The molecule has 110 valence electrons. The monoisotopic (exact) mass is 295 g/mol. The second kappa shape index (κ2) is 5.69. The molecule has 0 radical (unpaired) electrons. The zero-order chi connectivity index (χ0) is 15.5. The van der Waals surface area contributed by atoms with Crippen LogP contribution in [-0.4, -0.2) is 22.9 Å². The van der Waals surface area contributed by atoms with Gasteiger partial charge < -0.3 is 4.74 Å². The normalized spacial score (nSPS) is 10.4. The Morgan fingerprint density at radius 1 is 1.14 bits per heavy atom. The summed E-state index contributed by atoms with van der Waals surface area (Å²) in [6, 6.07) is 15.1. The van der Waals surface area contributed by atoms with Crippen molar-refractivity contribution in [1.82, 2.24) is 9.66 Å². The van der Waals surface area contributed by atoms with Crippen molar-refractivity contribution in [3.63, 3.8) is 0 Å². The van der Waals surface area contributed by atoms with E-state index in [1.807, 2.05) is 42.5 Å². The molecule has 0 bridgehead atoms. The molecular weight excluding hydrogens is 282 g/mol. The molecule has 0 saturated carbocycles. The number of fused-ring (bicyclic) bond motifs is 1. The fraction of sp³-hybridized carbons (Fsp3) is 0.0625. The largest absolute Gasteiger partial charge is 0.452 e. The van der Waals surface area contributed by atoms with Gasteiger partial charge in [0, 0.05) is 0 Å². The highest BCUT2D eigenvalue weighted by atomic mass is 16.5. The van der Waals surface area contributed by atoms with Gasteiger partial charge in [0.05, 0.1) is 18.0 Å². The van der Waals surface area contributed by atoms with E-state index in [2.05, 4.69) is 15.1 Å². The molecule has 1 amide bonds. The number of methoxy groups -OCH3 is 1. The fourth-order valence-electron chi connectivity index (χ4n) is 2.20. The number of carbonyl (C=O) groups excluding carboxylic acids is 1.